The van der Waals surface area contributed by atoms with Crippen LogP contribution in [-0.4, -0.2) is 30.3 Å². The molecule has 1 aliphatic rings. The minimum atomic E-state index is -3.59. The molecule has 0 saturated heterocycles. The van der Waals surface area contributed by atoms with Gasteiger partial charge in [0, 0.05) is 24.8 Å². The number of benzene rings is 2. The highest BCUT2D eigenvalue weighted by atomic mass is 32.2. The Morgan fingerprint density at radius 1 is 0.969 bits per heavy atom. The van der Waals surface area contributed by atoms with Gasteiger partial charge in [0.25, 0.3) is 5.91 Å². The van der Waals surface area contributed by atoms with E-state index < -0.39 is 15.9 Å². The molecule has 0 aliphatic carbocycles. The minimum absolute atomic E-state index is 0.113. The number of rotatable bonds is 5. The summed E-state index contributed by atoms with van der Waals surface area (Å²) < 4.78 is 37.8. The predicted molar refractivity (Wildman–Crippen MR) is 116 cm³/mol. The SMILES string of the molecule is O=C(Nc1ccc2c(c1)CN(S(=O)(=O)c1ccccc1)CC2)c1cc(-c2ccco2)on1. The van der Waals surface area contributed by atoms with E-state index in [0.717, 1.165) is 11.1 Å². The van der Waals surface area contributed by atoms with Crippen LogP contribution in [0.5, 0.6) is 0 Å². The Kier molecular flexibility index (Phi) is 5.12. The molecule has 8 nitrogen and oxygen atoms in total. The molecule has 1 aliphatic heterocycles. The number of furan rings is 1. The molecule has 0 unspecified atom stereocenters. The first kappa shape index (κ1) is 20.2. The molecular weight excluding hydrogens is 430 g/mol. The summed E-state index contributed by atoms with van der Waals surface area (Å²) in [5, 5.41) is 6.59. The molecule has 0 atom stereocenters. The number of carbonyl (C=O) groups is 1. The Morgan fingerprint density at radius 2 is 1.81 bits per heavy atom. The van der Waals surface area contributed by atoms with Crippen molar-refractivity contribution in [3.63, 3.8) is 0 Å². The van der Waals surface area contributed by atoms with E-state index >= 15 is 0 Å². The molecule has 1 amide bonds. The molecule has 3 heterocycles. The number of amides is 1. The average molecular weight is 449 g/mol. The van der Waals surface area contributed by atoms with Crippen LogP contribution in [0.4, 0.5) is 5.69 Å². The smallest absolute Gasteiger partial charge is 0.277 e. The number of carbonyl (C=O) groups excluding carboxylic acids is 1. The van der Waals surface area contributed by atoms with E-state index in [1.807, 2.05) is 6.07 Å². The first-order chi connectivity index (χ1) is 15.5. The molecule has 0 radical (unpaired) electrons. The molecule has 2 aromatic heterocycles. The zero-order valence-corrected chi connectivity index (χ0v) is 17.7. The maximum absolute atomic E-state index is 13.0. The third-order valence-electron chi connectivity index (χ3n) is 5.33. The molecular formula is C23H19N3O5S. The summed E-state index contributed by atoms with van der Waals surface area (Å²) in [7, 11) is -3.59. The molecule has 0 saturated carbocycles. The highest BCUT2D eigenvalue weighted by molar-refractivity contribution is 7.89. The molecule has 162 valence electrons. The normalized spacial score (nSPS) is 14.1. The first-order valence-corrected chi connectivity index (χ1v) is 11.4. The highest BCUT2D eigenvalue weighted by Crippen LogP contribution is 2.27. The van der Waals surface area contributed by atoms with Crippen LogP contribution in [0.15, 0.2) is 86.8 Å². The number of anilines is 1. The zero-order valence-electron chi connectivity index (χ0n) is 16.9. The van der Waals surface area contributed by atoms with E-state index in [1.165, 1.54) is 16.6 Å². The summed E-state index contributed by atoms with van der Waals surface area (Å²) in [5.74, 6) is 0.397. The highest BCUT2D eigenvalue weighted by Gasteiger charge is 2.28. The van der Waals surface area contributed by atoms with E-state index in [9.17, 15) is 13.2 Å². The lowest BCUT2D eigenvalue weighted by Gasteiger charge is -2.28. The molecule has 1 N–H and O–H groups in total. The minimum Gasteiger partial charge on any atom is -0.461 e. The van der Waals surface area contributed by atoms with Gasteiger partial charge < -0.3 is 14.3 Å². The fraction of sp³-hybridized carbons (Fsp3) is 0.130. The fourth-order valence-corrected chi connectivity index (χ4v) is 5.11. The van der Waals surface area contributed by atoms with Crippen molar-refractivity contribution in [2.45, 2.75) is 17.9 Å². The van der Waals surface area contributed by atoms with Gasteiger partial charge in [0.05, 0.1) is 11.2 Å². The monoisotopic (exact) mass is 449 g/mol. The van der Waals surface area contributed by atoms with Gasteiger partial charge >= 0.3 is 0 Å². The van der Waals surface area contributed by atoms with Crippen LogP contribution in [0.2, 0.25) is 0 Å². The lowest BCUT2D eigenvalue weighted by atomic mass is 10.0. The third-order valence-corrected chi connectivity index (χ3v) is 7.19. The van der Waals surface area contributed by atoms with Crippen molar-refractivity contribution in [2.24, 2.45) is 0 Å². The van der Waals surface area contributed by atoms with E-state index in [-0.39, 0.29) is 17.1 Å². The molecule has 5 rings (SSSR count). The Balaban J connectivity index is 1.33. The first-order valence-electron chi connectivity index (χ1n) is 10.00. The van der Waals surface area contributed by atoms with Gasteiger partial charge in [-0.15, -0.1) is 0 Å². The van der Waals surface area contributed by atoms with Crippen molar-refractivity contribution in [3.8, 4) is 11.5 Å². The molecule has 4 aromatic rings. The number of hydrogen-bond donors (Lipinski definition) is 1. The second kappa shape index (κ2) is 8.10. The number of nitrogens with zero attached hydrogens (tertiary/aromatic N) is 2. The van der Waals surface area contributed by atoms with Gasteiger partial charge in [0.1, 0.15) is 0 Å². The Labute approximate surface area is 184 Å². The van der Waals surface area contributed by atoms with E-state index in [4.69, 9.17) is 8.94 Å². The van der Waals surface area contributed by atoms with Crippen molar-refractivity contribution in [1.29, 1.82) is 0 Å². The van der Waals surface area contributed by atoms with Gasteiger partial charge in [-0.25, -0.2) is 8.42 Å². The number of hydrogen-bond acceptors (Lipinski definition) is 6. The third kappa shape index (κ3) is 3.83. The molecule has 32 heavy (non-hydrogen) atoms. The molecule has 0 bridgehead atoms. The summed E-state index contributed by atoms with van der Waals surface area (Å²) in [6, 6.07) is 18.8. The standard InChI is InChI=1S/C23H19N3O5S/c27-23(20-14-22(31-25-20)21-7-4-12-30-21)24-18-9-8-16-10-11-26(15-17(16)13-18)32(28,29)19-5-2-1-3-6-19/h1-9,12-14H,10-11,15H2,(H,24,27). The predicted octanol–water partition coefficient (Wildman–Crippen LogP) is 3.93. The molecule has 0 fully saturated rings. The van der Waals surface area contributed by atoms with E-state index in [0.29, 0.717) is 30.2 Å². The van der Waals surface area contributed by atoms with Crippen LogP contribution in [-0.2, 0) is 23.0 Å². The van der Waals surface area contributed by atoms with Crippen molar-refractivity contribution in [2.75, 3.05) is 11.9 Å². The second-order valence-electron chi connectivity index (χ2n) is 7.39. The number of sulfonamides is 1. The van der Waals surface area contributed by atoms with Gasteiger partial charge in [-0.2, -0.15) is 4.31 Å². The maximum atomic E-state index is 13.0. The summed E-state index contributed by atoms with van der Waals surface area (Å²) in [6.45, 7) is 0.646. The number of aromatic nitrogens is 1. The summed E-state index contributed by atoms with van der Waals surface area (Å²) in [5.41, 5.74) is 2.58. The lowest BCUT2D eigenvalue weighted by molar-refractivity contribution is 0.101. The van der Waals surface area contributed by atoms with Crippen LogP contribution < -0.4 is 5.32 Å². The van der Waals surface area contributed by atoms with Crippen molar-refractivity contribution < 1.29 is 22.2 Å². The quantitative estimate of drug-likeness (QED) is 0.495. The number of fused-ring (bicyclic) bond motifs is 1. The summed E-state index contributed by atoms with van der Waals surface area (Å²) in [6.07, 6.45) is 2.11. The molecule has 9 heteroatoms. The van der Waals surface area contributed by atoms with Crippen LogP contribution in [0.3, 0.4) is 0 Å². The largest absolute Gasteiger partial charge is 0.461 e. The van der Waals surface area contributed by atoms with Gasteiger partial charge in [-0.3, -0.25) is 4.79 Å². The number of nitrogens with one attached hydrogen (secondary N) is 1. The van der Waals surface area contributed by atoms with Crippen molar-refractivity contribution in [1.82, 2.24) is 9.46 Å². The van der Waals surface area contributed by atoms with Crippen molar-refractivity contribution in [3.05, 3.63) is 89.8 Å². The Morgan fingerprint density at radius 3 is 2.59 bits per heavy atom. The Hall–Kier alpha value is -3.69. The van der Waals surface area contributed by atoms with Gasteiger partial charge in [0.15, 0.2) is 11.5 Å². The van der Waals surface area contributed by atoms with Crippen LogP contribution in [0, 0.1) is 0 Å². The Bertz CT molecular complexity index is 1360. The fourth-order valence-electron chi connectivity index (χ4n) is 3.67. The van der Waals surface area contributed by atoms with Gasteiger partial charge in [0.2, 0.25) is 15.8 Å². The van der Waals surface area contributed by atoms with Gasteiger partial charge in [-0.1, -0.05) is 29.4 Å². The van der Waals surface area contributed by atoms with Crippen LogP contribution in [0.1, 0.15) is 21.6 Å². The molecule has 2 aromatic carbocycles. The van der Waals surface area contributed by atoms with E-state index in [1.54, 1.807) is 54.6 Å². The maximum Gasteiger partial charge on any atom is 0.277 e. The van der Waals surface area contributed by atoms with Gasteiger partial charge in [-0.05, 0) is 53.9 Å². The summed E-state index contributed by atoms with van der Waals surface area (Å²) >= 11 is 0. The van der Waals surface area contributed by atoms with Crippen LogP contribution in [0.25, 0.3) is 11.5 Å². The lowest BCUT2D eigenvalue weighted by Crippen LogP contribution is -2.36. The van der Waals surface area contributed by atoms with Crippen LogP contribution >= 0.6 is 0 Å². The van der Waals surface area contributed by atoms with E-state index in [2.05, 4.69) is 10.5 Å². The zero-order chi connectivity index (χ0) is 22.1. The molecule has 0 spiro atoms. The topological polar surface area (TPSA) is 106 Å². The summed E-state index contributed by atoms with van der Waals surface area (Å²) in [4.78, 5) is 12.9. The van der Waals surface area contributed by atoms with Crippen molar-refractivity contribution >= 4 is 21.6 Å². The average Bonchev–Trinajstić information content (AvgIpc) is 3.51. The second-order valence-corrected chi connectivity index (χ2v) is 9.33.